The van der Waals surface area contributed by atoms with Crippen LogP contribution in [-0.2, 0) is 4.79 Å². The molecule has 2 aromatic carbocycles. The van der Waals surface area contributed by atoms with E-state index in [4.69, 9.17) is 19.2 Å². The van der Waals surface area contributed by atoms with Gasteiger partial charge in [-0.15, -0.1) is 0 Å². The third kappa shape index (κ3) is 3.67. The standard InChI is InChI=1S/C21H22N2O4S/c1-3-25-16-9-5-4-8-15(16)22-21-23(14(2)13-28-21)20(24)19-12-26-17-10-6-7-11-18(17)27-19/h4-11,14,19H,3,12-13H2,1-2H3/t14-,19-/m0/s1. The Morgan fingerprint density at radius 1 is 1.21 bits per heavy atom. The van der Waals surface area contributed by atoms with Gasteiger partial charge in [0.15, 0.2) is 16.7 Å². The van der Waals surface area contributed by atoms with Gasteiger partial charge in [-0.2, -0.15) is 0 Å². The first-order valence-electron chi connectivity index (χ1n) is 9.32. The molecule has 0 saturated carbocycles. The third-order valence-electron chi connectivity index (χ3n) is 4.50. The summed E-state index contributed by atoms with van der Waals surface area (Å²) in [6, 6.07) is 15.0. The number of fused-ring (bicyclic) bond motifs is 1. The number of hydrogen-bond acceptors (Lipinski definition) is 6. The summed E-state index contributed by atoms with van der Waals surface area (Å²) in [6.07, 6.45) is -0.691. The number of rotatable bonds is 4. The van der Waals surface area contributed by atoms with Crippen molar-refractivity contribution >= 4 is 28.5 Å². The first-order valence-corrected chi connectivity index (χ1v) is 10.3. The fourth-order valence-corrected chi connectivity index (χ4v) is 4.26. The molecular weight excluding hydrogens is 376 g/mol. The van der Waals surface area contributed by atoms with Crippen LogP contribution in [0, 0.1) is 0 Å². The first kappa shape index (κ1) is 18.7. The van der Waals surface area contributed by atoms with Gasteiger partial charge < -0.3 is 14.2 Å². The molecule has 146 valence electrons. The summed E-state index contributed by atoms with van der Waals surface area (Å²) in [4.78, 5) is 19.7. The van der Waals surface area contributed by atoms with E-state index in [9.17, 15) is 4.79 Å². The van der Waals surface area contributed by atoms with Crippen LogP contribution in [0.5, 0.6) is 17.2 Å². The highest BCUT2D eigenvalue weighted by Gasteiger charge is 2.39. The number of benzene rings is 2. The van der Waals surface area contributed by atoms with Gasteiger partial charge in [0.05, 0.1) is 6.61 Å². The van der Waals surface area contributed by atoms with Gasteiger partial charge in [-0.3, -0.25) is 9.69 Å². The van der Waals surface area contributed by atoms with E-state index in [1.807, 2.05) is 62.4 Å². The van der Waals surface area contributed by atoms with Gasteiger partial charge in [-0.05, 0) is 38.1 Å². The molecule has 0 unspecified atom stereocenters. The molecule has 0 aromatic heterocycles. The van der Waals surface area contributed by atoms with Crippen molar-refractivity contribution in [1.29, 1.82) is 0 Å². The van der Waals surface area contributed by atoms with E-state index < -0.39 is 6.10 Å². The van der Waals surface area contributed by atoms with Crippen molar-refractivity contribution in [2.24, 2.45) is 4.99 Å². The second-order valence-corrected chi connectivity index (χ2v) is 7.51. The number of carbonyl (C=O) groups excluding carboxylic acids is 1. The summed E-state index contributed by atoms with van der Waals surface area (Å²) in [7, 11) is 0. The molecule has 6 nitrogen and oxygen atoms in total. The van der Waals surface area contributed by atoms with Crippen LogP contribution in [0.25, 0.3) is 0 Å². The van der Waals surface area contributed by atoms with Crippen molar-refractivity contribution in [2.45, 2.75) is 26.0 Å². The molecular formula is C21H22N2O4S. The van der Waals surface area contributed by atoms with Gasteiger partial charge in [0.1, 0.15) is 18.0 Å². The van der Waals surface area contributed by atoms with Crippen LogP contribution in [-0.4, -0.2) is 47.1 Å². The molecule has 0 bridgehead atoms. The molecule has 0 N–H and O–H groups in total. The van der Waals surface area contributed by atoms with Crippen LogP contribution in [0.1, 0.15) is 13.8 Å². The maximum Gasteiger partial charge on any atom is 0.273 e. The second-order valence-electron chi connectivity index (χ2n) is 6.53. The van der Waals surface area contributed by atoms with Crippen molar-refractivity contribution < 1.29 is 19.0 Å². The monoisotopic (exact) mass is 398 g/mol. The molecule has 7 heteroatoms. The molecule has 2 atom stereocenters. The normalized spacial score (nSPS) is 22.4. The molecule has 2 aliphatic heterocycles. The van der Waals surface area contributed by atoms with E-state index >= 15 is 0 Å². The lowest BCUT2D eigenvalue weighted by Gasteiger charge is -2.30. The van der Waals surface area contributed by atoms with Crippen LogP contribution in [0.3, 0.4) is 0 Å². The number of amidine groups is 1. The van der Waals surface area contributed by atoms with E-state index in [2.05, 4.69) is 0 Å². The minimum Gasteiger partial charge on any atom is -0.492 e. The molecule has 28 heavy (non-hydrogen) atoms. The van der Waals surface area contributed by atoms with Crippen molar-refractivity contribution in [2.75, 3.05) is 19.0 Å². The fourth-order valence-electron chi connectivity index (χ4n) is 3.15. The van der Waals surface area contributed by atoms with Crippen LogP contribution in [0.2, 0.25) is 0 Å². The topological polar surface area (TPSA) is 60.4 Å². The zero-order chi connectivity index (χ0) is 19.5. The zero-order valence-electron chi connectivity index (χ0n) is 15.8. The van der Waals surface area contributed by atoms with Gasteiger partial charge in [0, 0.05) is 11.8 Å². The van der Waals surface area contributed by atoms with Crippen molar-refractivity contribution in [3.63, 3.8) is 0 Å². The molecule has 2 aliphatic rings. The highest BCUT2D eigenvalue weighted by atomic mass is 32.2. The molecule has 0 radical (unpaired) electrons. The number of nitrogens with zero attached hydrogens (tertiary/aromatic N) is 2. The largest absolute Gasteiger partial charge is 0.492 e. The zero-order valence-corrected chi connectivity index (χ0v) is 16.6. The minimum absolute atomic E-state index is 0.0243. The lowest BCUT2D eigenvalue weighted by Crippen LogP contribution is -2.49. The lowest BCUT2D eigenvalue weighted by molar-refractivity contribution is -0.137. The Hall–Kier alpha value is -2.67. The Balaban J connectivity index is 1.58. The molecule has 0 aliphatic carbocycles. The van der Waals surface area contributed by atoms with Crippen molar-refractivity contribution in [3.05, 3.63) is 48.5 Å². The number of aliphatic imine (C=N–C) groups is 1. The smallest absolute Gasteiger partial charge is 0.273 e. The molecule has 0 spiro atoms. The molecule has 1 amide bonds. The molecule has 1 saturated heterocycles. The Kier molecular flexibility index (Phi) is 5.43. The molecule has 2 aromatic rings. The number of hydrogen-bond donors (Lipinski definition) is 0. The summed E-state index contributed by atoms with van der Waals surface area (Å²) in [5, 5.41) is 0.659. The van der Waals surface area contributed by atoms with Gasteiger partial charge in [-0.1, -0.05) is 36.0 Å². The Bertz CT molecular complexity index is 901. The maximum absolute atomic E-state index is 13.2. The number of amides is 1. The minimum atomic E-state index is -0.691. The van der Waals surface area contributed by atoms with Crippen LogP contribution >= 0.6 is 11.8 Å². The summed E-state index contributed by atoms with van der Waals surface area (Å²) in [5.74, 6) is 2.60. The fraction of sp³-hybridized carbons (Fsp3) is 0.333. The summed E-state index contributed by atoms with van der Waals surface area (Å²) >= 11 is 1.56. The third-order valence-corrected chi connectivity index (χ3v) is 5.70. The van der Waals surface area contributed by atoms with Crippen molar-refractivity contribution in [1.82, 2.24) is 4.90 Å². The number of ether oxygens (including phenoxy) is 3. The molecule has 1 fully saturated rings. The molecule has 2 heterocycles. The van der Waals surface area contributed by atoms with Crippen LogP contribution in [0.15, 0.2) is 53.5 Å². The van der Waals surface area contributed by atoms with Gasteiger partial charge in [0.2, 0.25) is 6.10 Å². The Morgan fingerprint density at radius 2 is 1.96 bits per heavy atom. The summed E-state index contributed by atoms with van der Waals surface area (Å²) in [5.41, 5.74) is 0.713. The first-order chi connectivity index (χ1) is 13.7. The maximum atomic E-state index is 13.2. The SMILES string of the molecule is CCOc1ccccc1N=C1SC[C@H](C)N1C(=O)[C@@H]1COc2ccccc2O1. The second kappa shape index (κ2) is 8.14. The van der Waals surface area contributed by atoms with Gasteiger partial charge >= 0.3 is 0 Å². The average Bonchev–Trinajstić information content (AvgIpc) is 3.08. The van der Waals surface area contributed by atoms with Crippen LogP contribution < -0.4 is 14.2 Å². The van der Waals surface area contributed by atoms with Crippen molar-refractivity contribution in [3.8, 4) is 17.2 Å². The van der Waals surface area contributed by atoms with E-state index in [1.54, 1.807) is 16.7 Å². The lowest BCUT2D eigenvalue weighted by atomic mass is 10.2. The van der Waals surface area contributed by atoms with E-state index in [0.29, 0.717) is 34.7 Å². The number of carbonyl (C=O) groups is 1. The Morgan fingerprint density at radius 3 is 2.79 bits per heavy atom. The van der Waals surface area contributed by atoms with Crippen LogP contribution in [0.4, 0.5) is 5.69 Å². The average molecular weight is 398 g/mol. The quantitative estimate of drug-likeness (QED) is 0.782. The predicted molar refractivity (Wildman–Crippen MR) is 110 cm³/mol. The summed E-state index contributed by atoms with van der Waals surface area (Å²) in [6.45, 7) is 4.69. The van der Waals surface area contributed by atoms with E-state index in [1.165, 1.54) is 0 Å². The van der Waals surface area contributed by atoms with Gasteiger partial charge in [0.25, 0.3) is 5.91 Å². The summed E-state index contributed by atoms with van der Waals surface area (Å²) < 4.78 is 17.3. The van der Waals surface area contributed by atoms with E-state index in [-0.39, 0.29) is 18.6 Å². The predicted octanol–water partition coefficient (Wildman–Crippen LogP) is 3.88. The highest BCUT2D eigenvalue weighted by molar-refractivity contribution is 8.14. The number of para-hydroxylation sites is 4. The van der Waals surface area contributed by atoms with Gasteiger partial charge in [-0.25, -0.2) is 4.99 Å². The highest BCUT2D eigenvalue weighted by Crippen LogP contribution is 2.35. The van der Waals surface area contributed by atoms with E-state index in [0.717, 1.165) is 5.75 Å². The number of thioether (sulfide) groups is 1. The molecule has 4 rings (SSSR count). The Labute approximate surface area is 168 Å².